The van der Waals surface area contributed by atoms with E-state index in [2.05, 4.69) is 20.8 Å². The maximum absolute atomic E-state index is 13.4. The van der Waals surface area contributed by atoms with Crippen LogP contribution >= 0.6 is 0 Å². The number of halogens is 2. The molecule has 0 spiro atoms. The first-order chi connectivity index (χ1) is 9.79. The highest BCUT2D eigenvalue weighted by atomic mass is 19.1. The average Bonchev–Trinajstić information content (AvgIpc) is 2.36. The zero-order valence-corrected chi connectivity index (χ0v) is 13.3. The number of nitrogens with two attached hydrogens (primary N) is 1. The Morgan fingerprint density at radius 1 is 1.05 bits per heavy atom. The molecule has 1 aliphatic rings. The van der Waals surface area contributed by atoms with Gasteiger partial charge in [-0.2, -0.15) is 0 Å². The summed E-state index contributed by atoms with van der Waals surface area (Å²) in [4.78, 5) is 0. The minimum atomic E-state index is -0.488. The van der Waals surface area contributed by atoms with Crippen molar-refractivity contribution >= 4 is 0 Å². The molecule has 3 heteroatoms. The Hall–Kier alpha value is -0.960. The Morgan fingerprint density at radius 3 is 2.19 bits per heavy atom. The van der Waals surface area contributed by atoms with E-state index in [0.29, 0.717) is 24.3 Å². The van der Waals surface area contributed by atoms with E-state index in [9.17, 15) is 8.78 Å². The monoisotopic (exact) mass is 295 g/mol. The quantitative estimate of drug-likeness (QED) is 0.870. The van der Waals surface area contributed by atoms with Crippen molar-refractivity contribution in [2.24, 2.45) is 28.9 Å². The van der Waals surface area contributed by atoms with Gasteiger partial charge in [0.1, 0.15) is 11.6 Å². The molecule has 0 saturated heterocycles. The van der Waals surface area contributed by atoms with Crippen molar-refractivity contribution in [2.45, 2.75) is 46.5 Å². The smallest absolute Gasteiger partial charge is 0.126 e. The summed E-state index contributed by atoms with van der Waals surface area (Å²) in [5, 5.41) is 0. The Balaban J connectivity index is 2.14. The predicted molar refractivity (Wildman–Crippen MR) is 82.9 cm³/mol. The van der Waals surface area contributed by atoms with Crippen LogP contribution in [0.4, 0.5) is 8.78 Å². The van der Waals surface area contributed by atoms with Gasteiger partial charge in [-0.25, -0.2) is 8.78 Å². The zero-order chi connectivity index (χ0) is 15.6. The van der Waals surface area contributed by atoms with E-state index in [4.69, 9.17) is 5.73 Å². The molecule has 1 aromatic rings. The topological polar surface area (TPSA) is 26.0 Å². The second-order valence-electron chi connectivity index (χ2n) is 7.61. The van der Waals surface area contributed by atoms with Crippen molar-refractivity contribution in [3.63, 3.8) is 0 Å². The molecular formula is C18H27F2N. The minimum Gasteiger partial charge on any atom is -0.330 e. The summed E-state index contributed by atoms with van der Waals surface area (Å²) in [5.74, 6) is 0.572. The molecule has 0 amide bonds. The summed E-state index contributed by atoms with van der Waals surface area (Å²) < 4.78 is 26.7. The average molecular weight is 295 g/mol. The molecule has 1 aromatic carbocycles. The van der Waals surface area contributed by atoms with Gasteiger partial charge in [-0.3, -0.25) is 0 Å². The third-order valence-corrected chi connectivity index (χ3v) is 5.09. The first kappa shape index (κ1) is 16.4. The van der Waals surface area contributed by atoms with Crippen LogP contribution in [0.15, 0.2) is 18.2 Å². The van der Waals surface area contributed by atoms with Gasteiger partial charge in [-0.1, -0.05) is 20.8 Å². The largest absolute Gasteiger partial charge is 0.330 e. The maximum atomic E-state index is 13.4. The van der Waals surface area contributed by atoms with E-state index in [-0.39, 0.29) is 5.41 Å². The van der Waals surface area contributed by atoms with Gasteiger partial charge in [0, 0.05) is 6.07 Å². The van der Waals surface area contributed by atoms with Gasteiger partial charge in [0.2, 0.25) is 0 Å². The molecule has 2 rings (SSSR count). The molecule has 0 bridgehead atoms. The van der Waals surface area contributed by atoms with Gasteiger partial charge in [0.05, 0.1) is 0 Å². The van der Waals surface area contributed by atoms with Gasteiger partial charge < -0.3 is 5.73 Å². The molecule has 1 aliphatic carbocycles. The lowest BCUT2D eigenvalue weighted by Crippen LogP contribution is -2.36. The molecule has 2 N–H and O–H groups in total. The molecule has 1 saturated carbocycles. The lowest BCUT2D eigenvalue weighted by atomic mass is 9.64. The Bertz CT molecular complexity index is 458. The Morgan fingerprint density at radius 2 is 1.67 bits per heavy atom. The van der Waals surface area contributed by atoms with Crippen molar-refractivity contribution in [1.82, 2.24) is 0 Å². The summed E-state index contributed by atoms with van der Waals surface area (Å²) in [7, 11) is 0. The molecule has 3 atom stereocenters. The molecule has 0 aliphatic heterocycles. The lowest BCUT2D eigenvalue weighted by Gasteiger charge is -2.41. The van der Waals surface area contributed by atoms with Gasteiger partial charge in [-0.15, -0.1) is 0 Å². The third-order valence-electron chi connectivity index (χ3n) is 5.09. The van der Waals surface area contributed by atoms with Gasteiger partial charge in [0.25, 0.3) is 0 Å². The fraction of sp³-hybridized carbons (Fsp3) is 0.667. The van der Waals surface area contributed by atoms with Crippen molar-refractivity contribution < 1.29 is 8.78 Å². The summed E-state index contributed by atoms with van der Waals surface area (Å²) in [6.07, 6.45) is 4.16. The van der Waals surface area contributed by atoms with Crippen molar-refractivity contribution in [3.8, 4) is 0 Å². The van der Waals surface area contributed by atoms with Crippen LogP contribution in [0.5, 0.6) is 0 Å². The molecule has 1 fully saturated rings. The molecule has 0 heterocycles. The Labute approximate surface area is 126 Å². The number of benzene rings is 1. The van der Waals surface area contributed by atoms with Crippen LogP contribution in [-0.4, -0.2) is 6.54 Å². The number of hydrogen-bond donors (Lipinski definition) is 1. The van der Waals surface area contributed by atoms with E-state index in [1.807, 2.05) is 0 Å². The molecule has 3 unspecified atom stereocenters. The Kier molecular flexibility index (Phi) is 5.03. The fourth-order valence-corrected chi connectivity index (χ4v) is 3.71. The number of rotatable bonds is 3. The summed E-state index contributed by atoms with van der Waals surface area (Å²) in [5.41, 5.74) is 6.95. The number of hydrogen-bond acceptors (Lipinski definition) is 1. The van der Waals surface area contributed by atoms with Crippen LogP contribution in [0.2, 0.25) is 0 Å². The van der Waals surface area contributed by atoms with Gasteiger partial charge in [0.15, 0.2) is 0 Å². The van der Waals surface area contributed by atoms with Gasteiger partial charge >= 0.3 is 0 Å². The van der Waals surface area contributed by atoms with Crippen LogP contribution in [0.3, 0.4) is 0 Å². The zero-order valence-electron chi connectivity index (χ0n) is 13.3. The molecule has 0 radical (unpaired) electrons. The second-order valence-corrected chi connectivity index (χ2v) is 7.61. The molecule has 1 nitrogen and oxygen atoms in total. The molecule has 0 aromatic heterocycles. The van der Waals surface area contributed by atoms with Crippen LogP contribution in [0.1, 0.15) is 45.6 Å². The van der Waals surface area contributed by atoms with Gasteiger partial charge in [-0.05, 0) is 73.1 Å². The van der Waals surface area contributed by atoms with Crippen molar-refractivity contribution in [1.29, 1.82) is 0 Å². The minimum absolute atomic E-state index is 0.283. The molecule has 21 heavy (non-hydrogen) atoms. The highest BCUT2D eigenvalue weighted by Crippen LogP contribution is 2.43. The SMILES string of the molecule is CC(C)(C)C1CCC(CN)C(Cc2cc(F)cc(F)c2)C1. The first-order valence-electron chi connectivity index (χ1n) is 7.94. The highest BCUT2D eigenvalue weighted by molar-refractivity contribution is 5.18. The predicted octanol–water partition coefficient (Wildman–Crippen LogP) is 4.54. The fourth-order valence-electron chi connectivity index (χ4n) is 3.71. The standard InChI is InChI=1S/C18H27F2N/c1-18(2,3)15-5-4-13(11-21)14(9-15)6-12-7-16(19)10-17(20)8-12/h7-8,10,13-15H,4-6,9,11,21H2,1-3H3. The summed E-state index contributed by atoms with van der Waals surface area (Å²) in [6, 6.07) is 3.84. The van der Waals surface area contributed by atoms with E-state index in [0.717, 1.165) is 30.9 Å². The van der Waals surface area contributed by atoms with E-state index < -0.39 is 11.6 Å². The summed E-state index contributed by atoms with van der Waals surface area (Å²) >= 11 is 0. The van der Waals surface area contributed by atoms with Crippen LogP contribution in [-0.2, 0) is 6.42 Å². The van der Waals surface area contributed by atoms with E-state index >= 15 is 0 Å². The normalized spacial score (nSPS) is 26.9. The summed E-state index contributed by atoms with van der Waals surface area (Å²) in [6.45, 7) is 7.50. The maximum Gasteiger partial charge on any atom is 0.126 e. The lowest BCUT2D eigenvalue weighted by molar-refractivity contribution is 0.101. The molecule has 118 valence electrons. The van der Waals surface area contributed by atoms with Crippen molar-refractivity contribution in [3.05, 3.63) is 35.4 Å². The third kappa shape index (κ3) is 4.26. The highest BCUT2D eigenvalue weighted by Gasteiger charge is 2.35. The second kappa shape index (κ2) is 6.43. The van der Waals surface area contributed by atoms with Crippen LogP contribution in [0, 0.1) is 34.8 Å². The van der Waals surface area contributed by atoms with Crippen LogP contribution in [0.25, 0.3) is 0 Å². The van der Waals surface area contributed by atoms with Crippen molar-refractivity contribution in [2.75, 3.05) is 6.54 Å². The first-order valence-corrected chi connectivity index (χ1v) is 7.94. The van der Waals surface area contributed by atoms with Crippen LogP contribution < -0.4 is 5.73 Å². The van der Waals surface area contributed by atoms with E-state index in [1.165, 1.54) is 18.6 Å². The van der Waals surface area contributed by atoms with E-state index in [1.54, 1.807) is 0 Å². The molecular weight excluding hydrogens is 268 g/mol.